The van der Waals surface area contributed by atoms with Crippen molar-refractivity contribution in [3.8, 4) is 11.8 Å². The summed E-state index contributed by atoms with van der Waals surface area (Å²) in [6.07, 6.45) is 1.75. The third kappa shape index (κ3) is 3.80. The first-order chi connectivity index (χ1) is 6.22. The summed E-state index contributed by atoms with van der Waals surface area (Å²) in [7, 11) is 0. The van der Waals surface area contributed by atoms with Crippen LogP contribution >= 0.6 is 0 Å². The molecular weight excluding hydrogens is 162 g/mol. The van der Waals surface area contributed by atoms with E-state index in [0.29, 0.717) is 5.92 Å². The van der Waals surface area contributed by atoms with Gasteiger partial charge in [-0.3, -0.25) is 4.90 Å². The van der Waals surface area contributed by atoms with Gasteiger partial charge in [0.1, 0.15) is 0 Å². The number of piperidine rings is 1. The first-order valence-electron chi connectivity index (χ1n) is 5.02. The predicted molar refractivity (Wildman–Crippen MR) is 54.3 cm³/mol. The van der Waals surface area contributed by atoms with E-state index in [-0.39, 0.29) is 6.10 Å². The van der Waals surface area contributed by atoms with Gasteiger partial charge >= 0.3 is 0 Å². The van der Waals surface area contributed by atoms with Gasteiger partial charge in [-0.05, 0) is 19.3 Å². The molecule has 1 aliphatic rings. The highest BCUT2D eigenvalue weighted by Crippen LogP contribution is 2.15. The Bertz CT molecular complexity index is 194. The smallest absolute Gasteiger partial charge is 0.0670 e. The molecule has 0 aromatic heterocycles. The Balaban J connectivity index is 2.27. The minimum Gasteiger partial charge on any atom is -0.392 e. The maximum absolute atomic E-state index is 9.53. The fraction of sp³-hybridized carbons (Fsp3) is 0.818. The molecule has 13 heavy (non-hydrogen) atoms. The van der Waals surface area contributed by atoms with Gasteiger partial charge in [0.05, 0.1) is 6.10 Å². The molecule has 0 radical (unpaired) electrons. The minimum atomic E-state index is -0.127. The van der Waals surface area contributed by atoms with E-state index < -0.39 is 0 Å². The Morgan fingerprint density at radius 3 is 2.85 bits per heavy atom. The Morgan fingerprint density at radius 1 is 1.46 bits per heavy atom. The number of hydrogen-bond donors (Lipinski definition) is 1. The van der Waals surface area contributed by atoms with Crippen molar-refractivity contribution in [2.75, 3.05) is 19.6 Å². The van der Waals surface area contributed by atoms with E-state index in [1.807, 2.05) is 6.92 Å². The molecule has 74 valence electrons. The predicted octanol–water partition coefficient (Wildman–Crippen LogP) is 1.10. The van der Waals surface area contributed by atoms with E-state index in [9.17, 15) is 5.11 Å². The van der Waals surface area contributed by atoms with Crippen LogP contribution in [0.1, 0.15) is 26.7 Å². The second-order valence-corrected chi connectivity index (χ2v) is 3.93. The fourth-order valence-corrected chi connectivity index (χ4v) is 1.95. The maximum atomic E-state index is 9.53. The lowest BCUT2D eigenvalue weighted by atomic mass is 9.98. The van der Waals surface area contributed by atoms with Gasteiger partial charge in [-0.2, -0.15) is 0 Å². The topological polar surface area (TPSA) is 23.5 Å². The van der Waals surface area contributed by atoms with E-state index in [1.54, 1.807) is 0 Å². The van der Waals surface area contributed by atoms with Gasteiger partial charge in [-0.15, -0.1) is 11.8 Å². The normalized spacial score (nSPS) is 29.5. The van der Waals surface area contributed by atoms with Crippen LogP contribution in [0.2, 0.25) is 0 Å². The van der Waals surface area contributed by atoms with Gasteiger partial charge in [0.2, 0.25) is 0 Å². The van der Waals surface area contributed by atoms with Crippen LogP contribution in [-0.2, 0) is 0 Å². The highest BCUT2D eigenvalue weighted by atomic mass is 16.3. The molecule has 2 nitrogen and oxygen atoms in total. The molecule has 1 saturated heterocycles. The van der Waals surface area contributed by atoms with Crippen molar-refractivity contribution in [2.24, 2.45) is 5.92 Å². The summed E-state index contributed by atoms with van der Waals surface area (Å²) in [5.41, 5.74) is 0. The number of rotatable bonds is 2. The van der Waals surface area contributed by atoms with Gasteiger partial charge in [-0.1, -0.05) is 6.92 Å². The summed E-state index contributed by atoms with van der Waals surface area (Å²) in [4.78, 5) is 2.31. The molecule has 2 atom stereocenters. The average molecular weight is 181 g/mol. The third-order valence-electron chi connectivity index (χ3n) is 2.44. The first kappa shape index (κ1) is 10.6. The summed E-state index contributed by atoms with van der Waals surface area (Å²) in [5, 5.41) is 9.53. The van der Waals surface area contributed by atoms with Crippen LogP contribution < -0.4 is 0 Å². The van der Waals surface area contributed by atoms with E-state index in [4.69, 9.17) is 0 Å². The van der Waals surface area contributed by atoms with E-state index in [2.05, 4.69) is 23.7 Å². The summed E-state index contributed by atoms with van der Waals surface area (Å²) < 4.78 is 0. The van der Waals surface area contributed by atoms with Crippen molar-refractivity contribution in [2.45, 2.75) is 32.8 Å². The largest absolute Gasteiger partial charge is 0.392 e. The Kier molecular flexibility index (Phi) is 4.27. The Hall–Kier alpha value is -0.520. The van der Waals surface area contributed by atoms with Crippen LogP contribution in [0.4, 0.5) is 0 Å². The van der Waals surface area contributed by atoms with Crippen LogP contribution in [0.25, 0.3) is 0 Å². The van der Waals surface area contributed by atoms with Crippen LogP contribution in [-0.4, -0.2) is 35.7 Å². The van der Waals surface area contributed by atoms with Gasteiger partial charge in [0.25, 0.3) is 0 Å². The molecule has 0 amide bonds. The van der Waals surface area contributed by atoms with Crippen LogP contribution in [0.3, 0.4) is 0 Å². The zero-order chi connectivity index (χ0) is 9.68. The molecular formula is C11H19NO. The number of aliphatic hydroxyl groups is 1. The fourth-order valence-electron chi connectivity index (χ4n) is 1.95. The standard InChI is InChI=1S/C11H19NO/c1-3-4-5-6-12-8-10(2)7-11(13)9-12/h10-11,13H,5-9H2,1-2H3. The highest BCUT2D eigenvalue weighted by molar-refractivity contribution is 4.95. The first-order valence-corrected chi connectivity index (χ1v) is 5.02. The van der Waals surface area contributed by atoms with Gasteiger partial charge < -0.3 is 5.11 Å². The van der Waals surface area contributed by atoms with Crippen molar-refractivity contribution >= 4 is 0 Å². The minimum absolute atomic E-state index is 0.127. The van der Waals surface area contributed by atoms with Crippen molar-refractivity contribution in [3.05, 3.63) is 0 Å². The number of nitrogens with zero attached hydrogens (tertiary/aromatic N) is 1. The lowest BCUT2D eigenvalue weighted by molar-refractivity contribution is 0.0460. The summed E-state index contributed by atoms with van der Waals surface area (Å²) >= 11 is 0. The second-order valence-electron chi connectivity index (χ2n) is 3.93. The molecule has 2 heteroatoms. The molecule has 0 aromatic rings. The summed E-state index contributed by atoms with van der Waals surface area (Å²) in [5.74, 6) is 6.57. The van der Waals surface area contributed by atoms with E-state index >= 15 is 0 Å². The van der Waals surface area contributed by atoms with Crippen molar-refractivity contribution in [3.63, 3.8) is 0 Å². The quantitative estimate of drug-likeness (QED) is 0.645. The van der Waals surface area contributed by atoms with Gasteiger partial charge in [0, 0.05) is 26.1 Å². The number of hydrogen-bond acceptors (Lipinski definition) is 2. The number of β-amino-alcohol motifs (C(OH)–C–C–N with tert-alkyl or cyclic N) is 1. The number of aliphatic hydroxyl groups excluding tert-OH is 1. The van der Waals surface area contributed by atoms with Crippen LogP contribution in [0, 0.1) is 17.8 Å². The Morgan fingerprint density at radius 2 is 2.23 bits per heavy atom. The zero-order valence-corrected chi connectivity index (χ0v) is 8.58. The SMILES string of the molecule is CC#CCCN1CC(C)CC(O)C1. The molecule has 1 N–H and O–H groups in total. The van der Waals surface area contributed by atoms with E-state index in [1.165, 1.54) is 0 Å². The molecule has 1 rings (SSSR count). The maximum Gasteiger partial charge on any atom is 0.0670 e. The van der Waals surface area contributed by atoms with Crippen molar-refractivity contribution in [1.29, 1.82) is 0 Å². The highest BCUT2D eigenvalue weighted by Gasteiger charge is 2.21. The lowest BCUT2D eigenvalue weighted by Gasteiger charge is -2.33. The third-order valence-corrected chi connectivity index (χ3v) is 2.44. The average Bonchev–Trinajstić information content (AvgIpc) is 2.03. The molecule has 0 saturated carbocycles. The summed E-state index contributed by atoms with van der Waals surface area (Å²) in [6, 6.07) is 0. The summed E-state index contributed by atoms with van der Waals surface area (Å²) in [6.45, 7) is 7.01. The van der Waals surface area contributed by atoms with Crippen LogP contribution in [0.15, 0.2) is 0 Å². The van der Waals surface area contributed by atoms with E-state index in [0.717, 1.165) is 32.5 Å². The van der Waals surface area contributed by atoms with Gasteiger partial charge in [0.15, 0.2) is 0 Å². The molecule has 2 unspecified atom stereocenters. The molecule has 0 aromatic carbocycles. The van der Waals surface area contributed by atoms with Crippen molar-refractivity contribution in [1.82, 2.24) is 4.90 Å². The molecule has 0 aliphatic carbocycles. The van der Waals surface area contributed by atoms with Crippen molar-refractivity contribution < 1.29 is 5.11 Å². The molecule has 1 fully saturated rings. The second kappa shape index (κ2) is 5.26. The number of likely N-dealkylation sites (tertiary alicyclic amines) is 1. The molecule has 1 aliphatic heterocycles. The monoisotopic (exact) mass is 181 g/mol. The molecule has 0 bridgehead atoms. The molecule has 1 heterocycles. The van der Waals surface area contributed by atoms with Gasteiger partial charge in [-0.25, -0.2) is 0 Å². The Labute approximate surface area is 80.9 Å². The zero-order valence-electron chi connectivity index (χ0n) is 8.58. The molecule has 0 spiro atoms. The lowest BCUT2D eigenvalue weighted by Crippen LogP contribution is -2.42. The van der Waals surface area contributed by atoms with Crippen LogP contribution in [0.5, 0.6) is 0 Å².